The highest BCUT2D eigenvalue weighted by Gasteiger charge is 2.20. The summed E-state index contributed by atoms with van der Waals surface area (Å²) in [6.07, 6.45) is 3.36. The minimum Gasteiger partial charge on any atom is -0.385 e. The number of hydrogen-bond donors (Lipinski definition) is 3. The third-order valence-electron chi connectivity index (χ3n) is 5.30. The zero-order chi connectivity index (χ0) is 20.8. The fourth-order valence-corrected chi connectivity index (χ4v) is 3.91. The monoisotopic (exact) mass is 402 g/mol. The number of benzene rings is 1. The van der Waals surface area contributed by atoms with Crippen LogP contribution in [0.15, 0.2) is 42.7 Å². The first-order chi connectivity index (χ1) is 14.5. The van der Waals surface area contributed by atoms with Crippen LogP contribution in [-0.2, 0) is 0 Å². The number of pyridine rings is 1. The number of hydrogen-bond acceptors (Lipinski definition) is 7. The van der Waals surface area contributed by atoms with E-state index in [-0.39, 0.29) is 11.9 Å². The molecule has 3 aromatic heterocycles. The number of carbonyl (C=O) groups excluding carboxylic acids is 1. The van der Waals surface area contributed by atoms with Gasteiger partial charge in [-0.05, 0) is 31.2 Å². The van der Waals surface area contributed by atoms with Crippen LogP contribution in [0.5, 0.6) is 0 Å². The quantitative estimate of drug-likeness (QED) is 0.450. The van der Waals surface area contributed by atoms with Crippen LogP contribution in [0.2, 0.25) is 0 Å². The molecule has 0 unspecified atom stereocenters. The highest BCUT2D eigenvalue weighted by molar-refractivity contribution is 5.95. The van der Waals surface area contributed by atoms with E-state index < -0.39 is 0 Å². The molecule has 1 amide bonds. The Kier molecular flexibility index (Phi) is 4.16. The van der Waals surface area contributed by atoms with Crippen molar-refractivity contribution < 1.29 is 4.79 Å². The lowest BCUT2D eigenvalue weighted by Crippen LogP contribution is -2.41. The lowest BCUT2D eigenvalue weighted by Gasteiger charge is -2.25. The summed E-state index contributed by atoms with van der Waals surface area (Å²) < 4.78 is 1.57. The summed E-state index contributed by atoms with van der Waals surface area (Å²) in [5.41, 5.74) is 4.59. The van der Waals surface area contributed by atoms with E-state index in [1.54, 1.807) is 16.9 Å². The van der Waals surface area contributed by atoms with Gasteiger partial charge in [-0.3, -0.25) is 9.78 Å². The van der Waals surface area contributed by atoms with Crippen LogP contribution < -0.4 is 20.9 Å². The number of nitrogens with one attached hydrogen (secondary N) is 3. The normalized spacial score (nSPS) is 16.6. The van der Waals surface area contributed by atoms with Crippen LogP contribution in [0.4, 0.5) is 22.9 Å². The molecule has 4 aromatic rings. The van der Waals surface area contributed by atoms with E-state index in [4.69, 9.17) is 0 Å². The van der Waals surface area contributed by atoms with Crippen molar-refractivity contribution in [3.8, 4) is 0 Å². The summed E-state index contributed by atoms with van der Waals surface area (Å²) in [5.74, 6) is 0.382. The Bertz CT molecular complexity index is 1280. The third kappa shape index (κ3) is 2.95. The molecule has 1 aliphatic heterocycles. The Morgan fingerprint density at radius 1 is 1.20 bits per heavy atom. The molecule has 1 atom stereocenters. The van der Waals surface area contributed by atoms with Gasteiger partial charge < -0.3 is 20.9 Å². The van der Waals surface area contributed by atoms with Gasteiger partial charge in [0, 0.05) is 55.7 Å². The molecule has 0 saturated carbocycles. The molecule has 0 radical (unpaired) electrons. The molecule has 9 nitrogen and oxygen atoms in total. The van der Waals surface area contributed by atoms with Crippen molar-refractivity contribution in [1.82, 2.24) is 24.9 Å². The lowest BCUT2D eigenvalue weighted by molar-refractivity contribution is 0.0934. The number of likely N-dealkylation sites (N-methyl/N-ethyl adjacent to an activating group) is 1. The van der Waals surface area contributed by atoms with Crippen molar-refractivity contribution in [3.05, 3.63) is 48.4 Å². The van der Waals surface area contributed by atoms with Gasteiger partial charge in [0.15, 0.2) is 17.2 Å². The fraction of sp³-hybridized carbons (Fsp3) is 0.238. The molecule has 0 saturated heterocycles. The number of amides is 1. The van der Waals surface area contributed by atoms with Gasteiger partial charge >= 0.3 is 0 Å². The maximum absolute atomic E-state index is 13.0. The first kappa shape index (κ1) is 18.2. The highest BCUT2D eigenvalue weighted by atomic mass is 16.2. The minimum absolute atomic E-state index is 0.0903. The lowest BCUT2D eigenvalue weighted by atomic mass is 10.1. The Balaban J connectivity index is 1.73. The van der Waals surface area contributed by atoms with Crippen molar-refractivity contribution in [2.75, 3.05) is 36.2 Å². The zero-order valence-electron chi connectivity index (χ0n) is 17.0. The van der Waals surface area contributed by atoms with E-state index in [0.29, 0.717) is 23.7 Å². The van der Waals surface area contributed by atoms with Gasteiger partial charge in [0.05, 0.1) is 17.4 Å². The topological polar surface area (TPSA) is 99.5 Å². The molecule has 30 heavy (non-hydrogen) atoms. The molecular weight excluding hydrogens is 380 g/mol. The second-order valence-corrected chi connectivity index (χ2v) is 7.51. The Morgan fingerprint density at radius 2 is 2.07 bits per heavy atom. The standard InChI is InChI=1S/C21H22N8O/c1-12-11-28(3)17-6-7-23-15-5-4-13(8-14(15)17)26-19-9-16(22-2)20-24-10-18(21(30)25-12)29(20)27-19/h4-10,12,22H,11H2,1-3H3,(H,25,30)(H,26,27)/t12-/m1/s1. The first-order valence-electron chi connectivity index (χ1n) is 9.78. The Morgan fingerprint density at radius 3 is 2.90 bits per heavy atom. The van der Waals surface area contributed by atoms with Crippen molar-refractivity contribution in [2.24, 2.45) is 0 Å². The molecule has 4 bridgehead atoms. The van der Waals surface area contributed by atoms with Crippen molar-refractivity contribution >= 4 is 45.3 Å². The summed E-state index contributed by atoms with van der Waals surface area (Å²) in [4.78, 5) is 24.0. The number of rotatable bonds is 1. The summed E-state index contributed by atoms with van der Waals surface area (Å²) in [6, 6.07) is 9.81. The Hall–Kier alpha value is -3.88. The largest absolute Gasteiger partial charge is 0.385 e. The molecule has 4 heterocycles. The zero-order valence-corrected chi connectivity index (χ0v) is 17.0. The van der Waals surface area contributed by atoms with E-state index in [9.17, 15) is 4.79 Å². The third-order valence-corrected chi connectivity index (χ3v) is 5.30. The molecule has 5 rings (SSSR count). The molecule has 9 heteroatoms. The van der Waals surface area contributed by atoms with E-state index in [0.717, 1.165) is 28.0 Å². The predicted octanol–water partition coefficient (Wildman–Crippen LogP) is 2.63. The van der Waals surface area contributed by atoms with Gasteiger partial charge in [0.25, 0.3) is 5.91 Å². The van der Waals surface area contributed by atoms with Gasteiger partial charge in [0.1, 0.15) is 0 Å². The Labute approximate surface area is 173 Å². The number of fused-ring (bicyclic) bond motifs is 2. The van der Waals surface area contributed by atoms with E-state index in [1.807, 2.05) is 45.3 Å². The number of carbonyl (C=O) groups is 1. The molecule has 1 aliphatic rings. The van der Waals surface area contributed by atoms with Crippen molar-refractivity contribution in [1.29, 1.82) is 0 Å². The maximum atomic E-state index is 13.0. The van der Waals surface area contributed by atoms with E-state index in [2.05, 4.69) is 42.0 Å². The molecule has 0 spiro atoms. The average Bonchev–Trinajstić information content (AvgIpc) is 3.16. The number of anilines is 4. The second kappa shape index (κ2) is 6.87. The van der Waals surface area contributed by atoms with Crippen LogP contribution in [0.1, 0.15) is 17.4 Å². The van der Waals surface area contributed by atoms with Gasteiger partial charge in [-0.15, -0.1) is 5.10 Å². The second-order valence-electron chi connectivity index (χ2n) is 7.51. The van der Waals surface area contributed by atoms with Gasteiger partial charge in [0.2, 0.25) is 0 Å². The minimum atomic E-state index is -0.217. The molecule has 0 fully saturated rings. The number of nitrogens with zero attached hydrogens (tertiary/aromatic N) is 5. The molecule has 1 aromatic carbocycles. The van der Waals surface area contributed by atoms with Crippen molar-refractivity contribution in [2.45, 2.75) is 13.0 Å². The van der Waals surface area contributed by atoms with Crippen LogP contribution in [-0.4, -0.2) is 52.2 Å². The number of imidazole rings is 1. The molecule has 152 valence electrons. The van der Waals surface area contributed by atoms with E-state index >= 15 is 0 Å². The number of aromatic nitrogens is 4. The highest BCUT2D eigenvalue weighted by Crippen LogP contribution is 2.29. The average molecular weight is 402 g/mol. The van der Waals surface area contributed by atoms with Crippen LogP contribution in [0.25, 0.3) is 16.6 Å². The van der Waals surface area contributed by atoms with Gasteiger partial charge in [-0.1, -0.05) is 0 Å². The first-order valence-corrected chi connectivity index (χ1v) is 9.78. The molecule has 0 aliphatic carbocycles. The summed E-state index contributed by atoms with van der Waals surface area (Å²) in [7, 11) is 3.83. The van der Waals surface area contributed by atoms with Crippen LogP contribution in [0.3, 0.4) is 0 Å². The van der Waals surface area contributed by atoms with Crippen LogP contribution >= 0.6 is 0 Å². The van der Waals surface area contributed by atoms with Crippen LogP contribution in [0, 0.1) is 0 Å². The predicted molar refractivity (Wildman–Crippen MR) is 118 cm³/mol. The van der Waals surface area contributed by atoms with E-state index in [1.165, 1.54) is 0 Å². The van der Waals surface area contributed by atoms with Gasteiger partial charge in [-0.25, -0.2) is 9.50 Å². The van der Waals surface area contributed by atoms with Crippen molar-refractivity contribution in [3.63, 3.8) is 0 Å². The van der Waals surface area contributed by atoms with Gasteiger partial charge in [-0.2, -0.15) is 0 Å². The fourth-order valence-electron chi connectivity index (χ4n) is 3.91. The molecule has 3 N–H and O–H groups in total. The molecular formula is C21H22N8O. The maximum Gasteiger partial charge on any atom is 0.271 e. The summed E-state index contributed by atoms with van der Waals surface area (Å²) >= 11 is 0. The SMILES string of the molecule is CNc1cc2nn3c(cnc13)C(=O)N[C@H](C)CN(C)c1ccnc3ccc(cc13)N2. The smallest absolute Gasteiger partial charge is 0.271 e. The summed E-state index contributed by atoms with van der Waals surface area (Å²) in [5, 5.41) is 15.2. The summed E-state index contributed by atoms with van der Waals surface area (Å²) in [6.45, 7) is 2.62.